The fourth-order valence-corrected chi connectivity index (χ4v) is 2.99. The minimum atomic E-state index is -4.67. The first-order valence-electron chi connectivity index (χ1n) is 10.2. The minimum absolute atomic E-state index is 1.26. The first-order valence-corrected chi connectivity index (χ1v) is 11.6. The van der Waals surface area contributed by atoms with Crippen molar-refractivity contribution in [3.63, 3.8) is 0 Å². The molecule has 2 N–H and O–H groups in total. The van der Waals surface area contributed by atoms with Crippen LogP contribution in [0.15, 0.2) is 30.3 Å². The monoisotopic (exact) mass is 386 g/mol. The van der Waals surface area contributed by atoms with E-state index >= 15 is 0 Å². The van der Waals surface area contributed by atoms with Crippen molar-refractivity contribution < 1.29 is 17.5 Å². The third-order valence-electron chi connectivity index (χ3n) is 4.41. The highest BCUT2D eigenvalue weighted by Crippen LogP contribution is 2.13. The molecule has 0 spiro atoms. The largest absolute Gasteiger partial charge is 0.394 e. The van der Waals surface area contributed by atoms with Crippen molar-refractivity contribution >= 4 is 10.4 Å². The van der Waals surface area contributed by atoms with E-state index in [-0.39, 0.29) is 0 Å². The number of hydrogen-bond acceptors (Lipinski definition) is 2. The highest BCUT2D eigenvalue weighted by molar-refractivity contribution is 7.79. The molecule has 1 aromatic carbocycles. The molecule has 1 rings (SSSR count). The molecule has 4 nitrogen and oxygen atoms in total. The Hall–Kier alpha value is -0.910. The molecular formula is C21H38O4S. The van der Waals surface area contributed by atoms with Gasteiger partial charge in [0.05, 0.1) is 0 Å². The molecule has 0 fully saturated rings. The maximum Gasteiger partial charge on any atom is 0.394 e. The lowest BCUT2D eigenvalue weighted by molar-refractivity contribution is 0.381. The zero-order valence-corrected chi connectivity index (χ0v) is 17.2. The van der Waals surface area contributed by atoms with Gasteiger partial charge in [0.2, 0.25) is 0 Å². The van der Waals surface area contributed by atoms with Gasteiger partial charge in [-0.15, -0.1) is 0 Å². The Morgan fingerprint density at radius 2 is 1.00 bits per heavy atom. The summed E-state index contributed by atoms with van der Waals surface area (Å²) >= 11 is 0. The molecule has 0 amide bonds. The molecular weight excluding hydrogens is 348 g/mol. The Morgan fingerprint density at radius 3 is 1.38 bits per heavy atom. The van der Waals surface area contributed by atoms with Gasteiger partial charge >= 0.3 is 10.4 Å². The lowest BCUT2D eigenvalue weighted by Crippen LogP contribution is -1.89. The molecule has 0 heterocycles. The van der Waals surface area contributed by atoms with Crippen LogP contribution in [-0.4, -0.2) is 17.5 Å². The summed E-state index contributed by atoms with van der Waals surface area (Å²) in [6.07, 6.45) is 20.0. The van der Waals surface area contributed by atoms with Crippen LogP contribution < -0.4 is 0 Å². The second-order valence-electron chi connectivity index (χ2n) is 6.93. The van der Waals surface area contributed by atoms with Crippen molar-refractivity contribution in [2.45, 2.75) is 96.8 Å². The predicted molar refractivity (Wildman–Crippen MR) is 110 cm³/mol. The average molecular weight is 387 g/mol. The summed E-state index contributed by atoms with van der Waals surface area (Å²) in [7, 11) is -4.67. The van der Waals surface area contributed by atoms with Crippen LogP contribution >= 0.6 is 0 Å². The molecule has 5 heteroatoms. The Bertz CT molecular complexity index is 492. The van der Waals surface area contributed by atoms with Crippen molar-refractivity contribution in [3.05, 3.63) is 35.9 Å². The van der Waals surface area contributed by atoms with E-state index in [2.05, 4.69) is 37.3 Å². The number of rotatable bonds is 14. The summed E-state index contributed by atoms with van der Waals surface area (Å²) in [6.45, 7) is 2.29. The smallest absolute Gasteiger partial charge is 0.264 e. The van der Waals surface area contributed by atoms with E-state index in [9.17, 15) is 0 Å². The zero-order chi connectivity index (χ0) is 19.5. The van der Waals surface area contributed by atoms with E-state index in [0.717, 1.165) is 0 Å². The molecule has 0 atom stereocenters. The fourth-order valence-electron chi connectivity index (χ4n) is 2.99. The third-order valence-corrected chi connectivity index (χ3v) is 4.41. The lowest BCUT2D eigenvalue weighted by Gasteiger charge is -2.03. The van der Waals surface area contributed by atoms with Crippen LogP contribution in [0.3, 0.4) is 0 Å². The van der Waals surface area contributed by atoms with E-state index in [0.29, 0.717) is 0 Å². The first-order chi connectivity index (χ1) is 12.4. The van der Waals surface area contributed by atoms with Gasteiger partial charge in [0.15, 0.2) is 0 Å². The molecule has 0 unspecified atom stereocenters. The third kappa shape index (κ3) is 23.1. The van der Waals surface area contributed by atoms with E-state index in [4.69, 9.17) is 17.5 Å². The maximum atomic E-state index is 8.74. The summed E-state index contributed by atoms with van der Waals surface area (Å²) in [5.41, 5.74) is 1.50. The van der Waals surface area contributed by atoms with E-state index in [1.807, 2.05) is 0 Å². The topological polar surface area (TPSA) is 74.6 Å². The highest BCUT2D eigenvalue weighted by atomic mass is 32.3. The standard InChI is InChI=1S/C21H36.H2O4S/c1-2-3-4-5-6-7-8-9-10-11-12-13-15-18-21-19-16-14-17-20-21;1-5(2,3)4/h14,16-17,19-20H,2-13,15,18H2,1H3;(H2,1,2,3,4). The van der Waals surface area contributed by atoms with Crippen LogP contribution in [0.2, 0.25) is 0 Å². The molecule has 1 aromatic rings. The van der Waals surface area contributed by atoms with Crippen LogP contribution in [0.5, 0.6) is 0 Å². The van der Waals surface area contributed by atoms with Gasteiger partial charge < -0.3 is 0 Å². The summed E-state index contributed by atoms with van der Waals surface area (Å²) in [5.74, 6) is 0. The van der Waals surface area contributed by atoms with Crippen LogP contribution in [-0.2, 0) is 16.8 Å². The summed E-state index contributed by atoms with van der Waals surface area (Å²) in [4.78, 5) is 0. The Morgan fingerprint density at radius 1 is 0.654 bits per heavy atom. The van der Waals surface area contributed by atoms with Crippen molar-refractivity contribution in [1.29, 1.82) is 0 Å². The highest BCUT2D eigenvalue weighted by Gasteiger charge is 1.95. The summed E-state index contributed by atoms with van der Waals surface area (Å²) in [5, 5.41) is 0. The molecule has 0 aliphatic rings. The molecule has 0 saturated carbocycles. The van der Waals surface area contributed by atoms with Gasteiger partial charge in [-0.1, -0.05) is 114 Å². The van der Waals surface area contributed by atoms with E-state index < -0.39 is 10.4 Å². The predicted octanol–water partition coefficient (Wildman–Crippen LogP) is 6.67. The first kappa shape index (κ1) is 25.1. The second-order valence-corrected chi connectivity index (χ2v) is 7.82. The Balaban J connectivity index is 0.00000110. The molecule has 0 saturated heterocycles. The van der Waals surface area contributed by atoms with E-state index in [1.165, 1.54) is 95.5 Å². The van der Waals surface area contributed by atoms with E-state index in [1.54, 1.807) is 0 Å². The van der Waals surface area contributed by atoms with Gasteiger partial charge in [-0.2, -0.15) is 8.42 Å². The normalized spacial score (nSPS) is 11.0. The molecule has 0 aliphatic carbocycles. The molecule has 152 valence electrons. The summed E-state index contributed by atoms with van der Waals surface area (Å²) < 4.78 is 31.6. The molecule has 0 aliphatic heterocycles. The van der Waals surface area contributed by atoms with Crippen LogP contribution in [0, 0.1) is 0 Å². The molecule has 0 aromatic heterocycles. The van der Waals surface area contributed by atoms with Crippen molar-refractivity contribution in [3.8, 4) is 0 Å². The quantitative estimate of drug-likeness (QED) is 0.277. The Labute approximate surface area is 161 Å². The van der Waals surface area contributed by atoms with Crippen molar-refractivity contribution in [2.75, 3.05) is 0 Å². The van der Waals surface area contributed by atoms with Crippen molar-refractivity contribution in [2.24, 2.45) is 0 Å². The zero-order valence-electron chi connectivity index (χ0n) is 16.4. The van der Waals surface area contributed by atoms with Gasteiger partial charge in [-0.05, 0) is 18.4 Å². The number of hydrogen-bond donors (Lipinski definition) is 2. The van der Waals surface area contributed by atoms with Crippen molar-refractivity contribution in [1.82, 2.24) is 0 Å². The summed E-state index contributed by atoms with van der Waals surface area (Å²) in [6, 6.07) is 10.9. The number of benzene rings is 1. The van der Waals surface area contributed by atoms with Gasteiger partial charge in [0.1, 0.15) is 0 Å². The lowest BCUT2D eigenvalue weighted by atomic mass is 10.0. The van der Waals surface area contributed by atoms with Gasteiger partial charge in [0.25, 0.3) is 0 Å². The van der Waals surface area contributed by atoms with Crippen LogP contribution in [0.1, 0.15) is 96.0 Å². The fraction of sp³-hybridized carbons (Fsp3) is 0.714. The molecule has 0 bridgehead atoms. The van der Waals surface area contributed by atoms with Crippen LogP contribution in [0.25, 0.3) is 0 Å². The molecule has 26 heavy (non-hydrogen) atoms. The average Bonchev–Trinajstić information content (AvgIpc) is 2.58. The van der Waals surface area contributed by atoms with Gasteiger partial charge in [0, 0.05) is 0 Å². The van der Waals surface area contributed by atoms with Gasteiger partial charge in [-0.3, -0.25) is 9.11 Å². The minimum Gasteiger partial charge on any atom is -0.264 e. The number of unbranched alkanes of at least 4 members (excludes halogenated alkanes) is 12. The second kappa shape index (κ2) is 17.5. The SMILES string of the molecule is CCCCCCCCCCCCCCCc1ccccc1.O=S(=O)(O)O. The van der Waals surface area contributed by atoms with Crippen LogP contribution in [0.4, 0.5) is 0 Å². The van der Waals surface area contributed by atoms with Gasteiger partial charge in [-0.25, -0.2) is 0 Å². The number of aryl methyl sites for hydroxylation is 1. The Kier molecular flexibility index (Phi) is 16.9. The maximum absolute atomic E-state index is 8.74. The molecule has 0 radical (unpaired) electrons.